The van der Waals surface area contributed by atoms with Crippen LogP contribution in [-0.4, -0.2) is 17.5 Å². The zero-order valence-corrected chi connectivity index (χ0v) is 16.4. The fourth-order valence-corrected chi connectivity index (χ4v) is 3.21. The molecule has 1 heterocycles. The summed E-state index contributed by atoms with van der Waals surface area (Å²) in [6.45, 7) is 4.52. The average Bonchev–Trinajstić information content (AvgIpc) is 3.16. The molecule has 2 aromatic carbocycles. The third kappa shape index (κ3) is 4.84. The fourth-order valence-electron chi connectivity index (χ4n) is 2.49. The number of hydrogen-bond donors (Lipinski definition) is 1. The van der Waals surface area contributed by atoms with Gasteiger partial charge in [-0.2, -0.15) is 5.26 Å². The highest BCUT2D eigenvalue weighted by atomic mass is 32.1. The molecule has 0 aliphatic heterocycles. The third-order valence-corrected chi connectivity index (χ3v) is 4.70. The van der Waals surface area contributed by atoms with Crippen molar-refractivity contribution in [3.8, 4) is 23.1 Å². The fraction of sp³-hybridized carbons (Fsp3) is 0.136. The van der Waals surface area contributed by atoms with Crippen LogP contribution < -0.4 is 10.1 Å². The van der Waals surface area contributed by atoms with Crippen LogP contribution in [0.4, 0.5) is 5.13 Å². The van der Waals surface area contributed by atoms with Crippen molar-refractivity contribution in [3.05, 3.63) is 70.6 Å². The lowest BCUT2D eigenvalue weighted by Crippen LogP contribution is -2.13. The molecule has 6 heteroatoms. The number of nitrogens with one attached hydrogen (secondary N) is 1. The molecule has 0 atom stereocenters. The lowest BCUT2D eigenvalue weighted by atomic mass is 10.1. The number of carbonyl (C=O) groups excluding carboxylic acids is 1. The second-order valence-corrected chi connectivity index (χ2v) is 6.89. The van der Waals surface area contributed by atoms with Crippen molar-refractivity contribution in [2.45, 2.75) is 13.8 Å². The molecular weight excluding hydrogens is 370 g/mol. The summed E-state index contributed by atoms with van der Waals surface area (Å²) in [4.78, 5) is 16.9. The molecule has 0 radical (unpaired) electrons. The molecule has 3 aromatic rings. The molecule has 140 valence electrons. The van der Waals surface area contributed by atoms with E-state index in [1.807, 2.05) is 49.6 Å². The van der Waals surface area contributed by atoms with E-state index in [1.165, 1.54) is 16.9 Å². The molecule has 0 bridgehead atoms. The summed E-state index contributed by atoms with van der Waals surface area (Å²) in [5.74, 6) is 0.259. The van der Waals surface area contributed by atoms with E-state index in [1.54, 1.807) is 30.3 Å². The number of amides is 1. The third-order valence-electron chi connectivity index (χ3n) is 3.94. The van der Waals surface area contributed by atoms with Crippen LogP contribution in [0.25, 0.3) is 17.3 Å². The van der Waals surface area contributed by atoms with Crippen LogP contribution in [-0.2, 0) is 4.79 Å². The predicted octanol–water partition coefficient (Wildman–Crippen LogP) is 5.06. The maximum atomic E-state index is 12.4. The Hall–Kier alpha value is -3.43. The van der Waals surface area contributed by atoms with E-state index < -0.39 is 5.91 Å². The summed E-state index contributed by atoms with van der Waals surface area (Å²) >= 11 is 1.32. The van der Waals surface area contributed by atoms with Crippen molar-refractivity contribution in [3.63, 3.8) is 0 Å². The predicted molar refractivity (Wildman–Crippen MR) is 112 cm³/mol. The number of thiazole rings is 1. The monoisotopic (exact) mass is 389 g/mol. The Balaban J connectivity index is 1.72. The summed E-state index contributed by atoms with van der Waals surface area (Å²) in [5.41, 5.74) is 3.69. The second kappa shape index (κ2) is 8.98. The molecule has 5 nitrogen and oxygen atoms in total. The van der Waals surface area contributed by atoms with Gasteiger partial charge in [-0.05, 0) is 37.6 Å². The van der Waals surface area contributed by atoms with E-state index in [0.29, 0.717) is 11.7 Å². The first-order valence-electron chi connectivity index (χ1n) is 8.77. The molecule has 3 rings (SSSR count). The Labute approximate surface area is 167 Å². The van der Waals surface area contributed by atoms with E-state index in [4.69, 9.17) is 4.74 Å². The van der Waals surface area contributed by atoms with Gasteiger partial charge in [-0.15, -0.1) is 11.3 Å². The maximum Gasteiger partial charge on any atom is 0.268 e. The zero-order chi connectivity index (χ0) is 19.9. The summed E-state index contributed by atoms with van der Waals surface area (Å²) < 4.78 is 5.39. The summed E-state index contributed by atoms with van der Waals surface area (Å²) in [5, 5.41) is 14.4. The van der Waals surface area contributed by atoms with Gasteiger partial charge in [0.1, 0.15) is 17.4 Å². The molecule has 0 saturated carbocycles. The van der Waals surface area contributed by atoms with E-state index in [9.17, 15) is 10.1 Å². The number of rotatable bonds is 6. The van der Waals surface area contributed by atoms with Crippen molar-refractivity contribution < 1.29 is 9.53 Å². The van der Waals surface area contributed by atoms with Gasteiger partial charge in [-0.3, -0.25) is 10.1 Å². The van der Waals surface area contributed by atoms with Crippen LogP contribution in [0.15, 0.2) is 59.5 Å². The van der Waals surface area contributed by atoms with Crippen LogP contribution >= 0.6 is 11.3 Å². The quantitative estimate of drug-likeness (QED) is 0.472. The lowest BCUT2D eigenvalue weighted by Gasteiger charge is -2.03. The highest BCUT2D eigenvalue weighted by Crippen LogP contribution is 2.25. The summed E-state index contributed by atoms with van der Waals surface area (Å²) in [6, 6.07) is 17.2. The number of ether oxygens (including phenoxy) is 1. The largest absolute Gasteiger partial charge is 0.494 e. The molecule has 28 heavy (non-hydrogen) atoms. The molecule has 0 spiro atoms. The van der Waals surface area contributed by atoms with Crippen LogP contribution in [0.5, 0.6) is 5.75 Å². The standard InChI is InChI=1S/C22H19N3O2S/c1-3-27-19-10-6-16(7-11-19)12-18(13-23)21(26)25-22-24-20(14-28-22)17-8-4-15(2)5-9-17/h4-12,14H,3H2,1-2H3,(H,24,25,26)/b18-12+. The summed E-state index contributed by atoms with van der Waals surface area (Å²) in [6.07, 6.45) is 1.54. The summed E-state index contributed by atoms with van der Waals surface area (Å²) in [7, 11) is 0. The first kappa shape index (κ1) is 19.3. The van der Waals surface area contributed by atoms with Gasteiger partial charge in [0.2, 0.25) is 0 Å². The van der Waals surface area contributed by atoms with Crippen LogP contribution in [0.2, 0.25) is 0 Å². The van der Waals surface area contributed by atoms with Crippen molar-refractivity contribution >= 4 is 28.5 Å². The van der Waals surface area contributed by atoms with E-state index in [-0.39, 0.29) is 5.57 Å². The molecule has 0 aliphatic carbocycles. The number of anilines is 1. The second-order valence-electron chi connectivity index (χ2n) is 6.03. The Kier molecular flexibility index (Phi) is 6.20. The topological polar surface area (TPSA) is 75.0 Å². The van der Waals surface area contributed by atoms with Crippen LogP contribution in [0.1, 0.15) is 18.1 Å². The van der Waals surface area contributed by atoms with E-state index in [0.717, 1.165) is 22.6 Å². The molecular formula is C22H19N3O2S. The van der Waals surface area contributed by atoms with Crippen molar-refractivity contribution in [2.24, 2.45) is 0 Å². The maximum absolute atomic E-state index is 12.4. The van der Waals surface area contributed by atoms with Gasteiger partial charge < -0.3 is 4.74 Å². The lowest BCUT2D eigenvalue weighted by molar-refractivity contribution is -0.112. The van der Waals surface area contributed by atoms with Gasteiger partial charge in [-0.25, -0.2) is 4.98 Å². The first-order chi connectivity index (χ1) is 13.6. The van der Waals surface area contributed by atoms with Crippen molar-refractivity contribution in [1.82, 2.24) is 4.98 Å². The van der Waals surface area contributed by atoms with E-state index in [2.05, 4.69) is 10.3 Å². The van der Waals surface area contributed by atoms with Crippen LogP contribution in [0, 0.1) is 18.3 Å². The Morgan fingerprint density at radius 1 is 1.21 bits per heavy atom. The van der Waals surface area contributed by atoms with Crippen LogP contribution in [0.3, 0.4) is 0 Å². The van der Waals surface area contributed by atoms with Gasteiger partial charge in [0.05, 0.1) is 12.3 Å². The van der Waals surface area contributed by atoms with Gasteiger partial charge in [0, 0.05) is 10.9 Å². The minimum atomic E-state index is -0.485. The smallest absolute Gasteiger partial charge is 0.268 e. The molecule has 1 amide bonds. The van der Waals surface area contributed by atoms with Gasteiger partial charge in [-0.1, -0.05) is 42.0 Å². The van der Waals surface area contributed by atoms with E-state index >= 15 is 0 Å². The number of benzene rings is 2. The Bertz CT molecular complexity index is 1030. The number of aromatic nitrogens is 1. The Morgan fingerprint density at radius 3 is 2.57 bits per heavy atom. The Morgan fingerprint density at radius 2 is 1.93 bits per heavy atom. The molecule has 0 saturated heterocycles. The number of carbonyl (C=O) groups is 1. The average molecular weight is 389 g/mol. The minimum absolute atomic E-state index is 0.0104. The SMILES string of the molecule is CCOc1ccc(/C=C(\C#N)C(=O)Nc2nc(-c3ccc(C)cc3)cs2)cc1. The minimum Gasteiger partial charge on any atom is -0.494 e. The molecule has 0 aliphatic rings. The first-order valence-corrected chi connectivity index (χ1v) is 9.65. The molecule has 0 fully saturated rings. The van der Waals surface area contributed by atoms with Crippen molar-refractivity contribution in [1.29, 1.82) is 5.26 Å². The zero-order valence-electron chi connectivity index (χ0n) is 15.6. The van der Waals surface area contributed by atoms with Gasteiger partial charge >= 0.3 is 0 Å². The van der Waals surface area contributed by atoms with Gasteiger partial charge in [0.25, 0.3) is 5.91 Å². The number of aryl methyl sites for hydroxylation is 1. The normalized spacial score (nSPS) is 11.0. The molecule has 1 N–H and O–H groups in total. The highest BCUT2D eigenvalue weighted by molar-refractivity contribution is 7.14. The van der Waals surface area contributed by atoms with Gasteiger partial charge in [0.15, 0.2) is 5.13 Å². The van der Waals surface area contributed by atoms with Crippen molar-refractivity contribution in [2.75, 3.05) is 11.9 Å². The molecule has 1 aromatic heterocycles. The number of nitriles is 1. The highest BCUT2D eigenvalue weighted by Gasteiger charge is 2.12. The number of hydrogen-bond acceptors (Lipinski definition) is 5. The molecule has 0 unspecified atom stereocenters. The number of nitrogens with zero attached hydrogens (tertiary/aromatic N) is 2.